The zero-order valence-electron chi connectivity index (χ0n) is 17.6. The second kappa shape index (κ2) is 9.63. The van der Waals surface area contributed by atoms with Crippen molar-refractivity contribution in [2.45, 2.75) is 52.6 Å². The number of aryl methyl sites for hydroxylation is 2. The molecule has 0 saturated carbocycles. The number of sulfonamides is 1. The van der Waals surface area contributed by atoms with Gasteiger partial charge in [-0.25, -0.2) is 8.42 Å². The second-order valence-electron chi connectivity index (χ2n) is 7.29. The van der Waals surface area contributed by atoms with E-state index in [2.05, 4.69) is 5.32 Å². The molecule has 2 rings (SSSR count). The van der Waals surface area contributed by atoms with Crippen molar-refractivity contribution < 1.29 is 13.2 Å². The summed E-state index contributed by atoms with van der Waals surface area (Å²) in [5.41, 5.74) is 3.29. The molecule has 1 N–H and O–H groups in total. The van der Waals surface area contributed by atoms with Crippen LogP contribution in [0.15, 0.2) is 42.5 Å². The van der Waals surface area contributed by atoms with Crippen LogP contribution in [0.2, 0.25) is 5.02 Å². The van der Waals surface area contributed by atoms with E-state index in [1.807, 2.05) is 38.1 Å². The fourth-order valence-corrected chi connectivity index (χ4v) is 4.77. The summed E-state index contributed by atoms with van der Waals surface area (Å²) in [6.45, 7) is 7.60. The normalized spacial score (nSPS) is 13.6. The minimum atomic E-state index is -3.71. The van der Waals surface area contributed by atoms with Gasteiger partial charge in [0.05, 0.1) is 18.0 Å². The van der Waals surface area contributed by atoms with Crippen LogP contribution in [-0.2, 0) is 14.8 Å². The zero-order chi connectivity index (χ0) is 21.8. The smallest absolute Gasteiger partial charge is 0.244 e. The lowest BCUT2D eigenvalue weighted by Gasteiger charge is -2.32. The molecule has 0 spiro atoms. The summed E-state index contributed by atoms with van der Waals surface area (Å²) < 4.78 is 26.5. The number of rotatable bonds is 8. The predicted octanol–water partition coefficient (Wildman–Crippen LogP) is 4.77. The lowest BCUT2D eigenvalue weighted by Crippen LogP contribution is -2.50. The SMILES string of the molecule is CC[C@H](C(=O)N[C@H](CC)c1ccc(C)cc1)N(c1cc(Cl)ccc1C)S(C)(=O)=O. The summed E-state index contributed by atoms with van der Waals surface area (Å²) >= 11 is 6.12. The van der Waals surface area contributed by atoms with Crippen molar-refractivity contribution >= 4 is 33.2 Å². The Morgan fingerprint density at radius 1 is 1.07 bits per heavy atom. The van der Waals surface area contributed by atoms with Crippen LogP contribution in [0.5, 0.6) is 0 Å². The van der Waals surface area contributed by atoms with Crippen LogP contribution in [0.3, 0.4) is 0 Å². The van der Waals surface area contributed by atoms with E-state index < -0.39 is 16.1 Å². The first kappa shape index (κ1) is 23.2. The van der Waals surface area contributed by atoms with Crippen molar-refractivity contribution in [2.24, 2.45) is 0 Å². The number of carbonyl (C=O) groups is 1. The third kappa shape index (κ3) is 5.73. The lowest BCUT2D eigenvalue weighted by molar-refractivity contribution is -0.123. The first-order chi connectivity index (χ1) is 13.6. The van der Waals surface area contributed by atoms with Gasteiger partial charge < -0.3 is 5.32 Å². The van der Waals surface area contributed by atoms with Gasteiger partial charge in [0, 0.05) is 5.02 Å². The molecule has 2 atom stereocenters. The molecule has 0 heterocycles. The summed E-state index contributed by atoms with van der Waals surface area (Å²) in [6, 6.07) is 11.9. The second-order valence-corrected chi connectivity index (χ2v) is 9.59. The molecule has 0 aliphatic rings. The summed E-state index contributed by atoms with van der Waals surface area (Å²) in [5, 5.41) is 3.45. The number of hydrogen-bond acceptors (Lipinski definition) is 3. The molecule has 29 heavy (non-hydrogen) atoms. The number of carbonyl (C=O) groups excluding carboxylic acids is 1. The topological polar surface area (TPSA) is 66.5 Å². The molecule has 0 saturated heterocycles. The minimum absolute atomic E-state index is 0.195. The van der Waals surface area contributed by atoms with Gasteiger partial charge in [-0.1, -0.05) is 61.3 Å². The Balaban J connectivity index is 2.40. The number of halogens is 1. The van der Waals surface area contributed by atoms with Crippen molar-refractivity contribution in [2.75, 3.05) is 10.6 Å². The third-order valence-electron chi connectivity index (χ3n) is 4.94. The maximum atomic E-state index is 13.2. The predicted molar refractivity (Wildman–Crippen MR) is 120 cm³/mol. The molecule has 0 radical (unpaired) electrons. The van der Waals surface area contributed by atoms with Crippen LogP contribution >= 0.6 is 11.6 Å². The van der Waals surface area contributed by atoms with Crippen molar-refractivity contribution in [3.8, 4) is 0 Å². The molecule has 2 aromatic carbocycles. The first-order valence-corrected chi connectivity index (χ1v) is 11.9. The van der Waals surface area contributed by atoms with Gasteiger partial charge >= 0.3 is 0 Å². The molecule has 0 fully saturated rings. The molecule has 1 amide bonds. The van der Waals surface area contributed by atoms with E-state index in [-0.39, 0.29) is 11.9 Å². The van der Waals surface area contributed by atoms with Crippen molar-refractivity contribution in [1.29, 1.82) is 0 Å². The Hall–Kier alpha value is -2.05. The van der Waals surface area contributed by atoms with E-state index in [1.54, 1.807) is 32.0 Å². The van der Waals surface area contributed by atoms with Crippen LogP contribution in [0.25, 0.3) is 0 Å². The fourth-order valence-electron chi connectivity index (χ4n) is 3.34. The lowest BCUT2D eigenvalue weighted by atomic mass is 10.0. The number of amides is 1. The van der Waals surface area contributed by atoms with Crippen LogP contribution < -0.4 is 9.62 Å². The summed E-state index contributed by atoms with van der Waals surface area (Å²) in [6.07, 6.45) is 2.13. The summed E-state index contributed by atoms with van der Waals surface area (Å²) in [5.74, 6) is -0.329. The van der Waals surface area contributed by atoms with Gasteiger partial charge in [0.1, 0.15) is 6.04 Å². The van der Waals surface area contributed by atoms with Crippen molar-refractivity contribution in [1.82, 2.24) is 5.32 Å². The number of hydrogen-bond donors (Lipinski definition) is 1. The van der Waals surface area contributed by atoms with Crippen LogP contribution in [-0.4, -0.2) is 26.6 Å². The van der Waals surface area contributed by atoms with Gasteiger partial charge in [0.15, 0.2) is 0 Å². The number of anilines is 1. The zero-order valence-corrected chi connectivity index (χ0v) is 19.1. The number of nitrogens with zero attached hydrogens (tertiary/aromatic N) is 1. The van der Waals surface area contributed by atoms with Gasteiger partial charge in [0.25, 0.3) is 0 Å². The van der Waals surface area contributed by atoms with Gasteiger partial charge in [-0.3, -0.25) is 9.10 Å². The molecule has 7 heteroatoms. The van der Waals surface area contributed by atoms with Crippen molar-refractivity contribution in [3.05, 3.63) is 64.2 Å². The summed E-state index contributed by atoms with van der Waals surface area (Å²) in [4.78, 5) is 13.2. The van der Waals surface area contributed by atoms with Gasteiger partial charge in [-0.05, 0) is 49.9 Å². The van der Waals surface area contributed by atoms with E-state index >= 15 is 0 Å². The molecule has 0 aromatic heterocycles. The summed E-state index contributed by atoms with van der Waals surface area (Å²) in [7, 11) is -3.71. The highest BCUT2D eigenvalue weighted by Crippen LogP contribution is 2.29. The Morgan fingerprint density at radius 2 is 1.69 bits per heavy atom. The standard InChI is InChI=1S/C22H29ClN2O3S/c1-6-19(17-11-8-15(3)9-12-17)24-22(26)20(7-2)25(29(5,27)28)21-14-18(23)13-10-16(21)4/h8-14,19-20H,6-7H2,1-5H3,(H,24,26)/t19-,20-/m1/s1. The molecule has 5 nitrogen and oxygen atoms in total. The van der Waals surface area contributed by atoms with Gasteiger partial charge in [-0.2, -0.15) is 0 Å². The highest BCUT2D eigenvalue weighted by molar-refractivity contribution is 7.92. The van der Waals surface area contributed by atoms with Crippen molar-refractivity contribution in [3.63, 3.8) is 0 Å². The third-order valence-corrected chi connectivity index (χ3v) is 6.34. The molecule has 0 aliphatic heterocycles. The quantitative estimate of drug-likeness (QED) is 0.648. The largest absolute Gasteiger partial charge is 0.347 e. The fraction of sp³-hybridized carbons (Fsp3) is 0.409. The van der Waals surface area contributed by atoms with E-state index in [9.17, 15) is 13.2 Å². The van der Waals surface area contributed by atoms with E-state index in [1.165, 1.54) is 4.31 Å². The molecule has 0 bridgehead atoms. The Labute approximate surface area is 179 Å². The van der Waals surface area contributed by atoms with Crippen LogP contribution in [0.1, 0.15) is 49.4 Å². The molecule has 0 aliphatic carbocycles. The first-order valence-electron chi connectivity index (χ1n) is 9.71. The monoisotopic (exact) mass is 436 g/mol. The highest BCUT2D eigenvalue weighted by Gasteiger charge is 2.33. The number of benzene rings is 2. The van der Waals surface area contributed by atoms with Gasteiger partial charge in [0.2, 0.25) is 15.9 Å². The highest BCUT2D eigenvalue weighted by atomic mass is 35.5. The van der Waals surface area contributed by atoms with Crippen LogP contribution in [0, 0.1) is 13.8 Å². The maximum Gasteiger partial charge on any atom is 0.244 e. The average molecular weight is 437 g/mol. The van der Waals surface area contributed by atoms with Crippen LogP contribution in [0.4, 0.5) is 5.69 Å². The minimum Gasteiger partial charge on any atom is -0.347 e. The molecule has 158 valence electrons. The molecule has 2 aromatic rings. The average Bonchev–Trinajstić information content (AvgIpc) is 2.66. The maximum absolute atomic E-state index is 13.2. The van der Waals surface area contributed by atoms with E-state index in [0.29, 0.717) is 23.6 Å². The van der Waals surface area contributed by atoms with Gasteiger partial charge in [-0.15, -0.1) is 0 Å². The molecular formula is C22H29ClN2O3S. The Kier molecular flexibility index (Phi) is 7.72. The van der Waals surface area contributed by atoms with E-state index in [0.717, 1.165) is 22.9 Å². The van der Waals surface area contributed by atoms with E-state index in [4.69, 9.17) is 11.6 Å². The molecular weight excluding hydrogens is 408 g/mol. The molecule has 0 unspecified atom stereocenters. The Bertz CT molecular complexity index is 959. The number of nitrogens with one attached hydrogen (secondary N) is 1. The Morgan fingerprint density at radius 3 is 2.21 bits per heavy atom.